The van der Waals surface area contributed by atoms with Crippen molar-refractivity contribution in [1.82, 2.24) is 4.57 Å². The molecule has 0 amide bonds. The van der Waals surface area contributed by atoms with E-state index < -0.39 is 24.0 Å². The van der Waals surface area contributed by atoms with Crippen LogP contribution in [0.15, 0.2) is 18.7 Å². The third-order valence-electron chi connectivity index (χ3n) is 2.29. The quantitative estimate of drug-likeness (QED) is 0.693. The summed E-state index contributed by atoms with van der Waals surface area (Å²) < 4.78 is 2.89. The largest absolute Gasteiger partial charge is 0.478 e. The number of rotatable bonds is 4. The molecule has 0 bridgehead atoms. The van der Waals surface area contributed by atoms with Gasteiger partial charge in [0.2, 0.25) is 6.33 Å². The highest BCUT2D eigenvalue weighted by Crippen LogP contribution is 2.04. The van der Waals surface area contributed by atoms with Gasteiger partial charge in [0.05, 0.1) is 0 Å². The number of hydrogen-bond donors (Lipinski definition) is 2. The van der Waals surface area contributed by atoms with Crippen molar-refractivity contribution in [3.63, 3.8) is 0 Å². The molecule has 82 valence electrons. The number of carboxylic acids is 2. The Morgan fingerprint density at radius 1 is 1.27 bits per heavy atom. The summed E-state index contributed by atoms with van der Waals surface area (Å²) in [5, 5.41) is 17.5. The summed E-state index contributed by atoms with van der Waals surface area (Å²) in [6, 6.07) is -1.40. The molecule has 6 nitrogen and oxygen atoms in total. The minimum Gasteiger partial charge on any atom is -0.478 e. The van der Waals surface area contributed by atoms with Gasteiger partial charge in [-0.15, -0.1) is 0 Å². The highest BCUT2D eigenvalue weighted by atomic mass is 16.4. The second kappa shape index (κ2) is 4.12. The first-order valence-electron chi connectivity index (χ1n) is 4.47. The Bertz CT molecular complexity index is 351. The van der Waals surface area contributed by atoms with Gasteiger partial charge >= 0.3 is 11.9 Å². The predicted octanol–water partition coefficient (Wildman–Crippen LogP) is 0.0668. The fourth-order valence-electron chi connectivity index (χ4n) is 1.10. The molecule has 0 aliphatic carbocycles. The fraction of sp³-hybridized carbons (Fsp3) is 0.444. The standard InChI is InChI=1S/C9H12N2O4/c1-6(8(12)13)10-3-4-11(5-10)7(2)9(14)15/h3-7H,1-2H3,(H-,12,13,14,15)/p+1/t6-,7-/m0/s1. The maximum atomic E-state index is 10.7. The molecule has 0 unspecified atom stereocenters. The molecule has 0 fully saturated rings. The van der Waals surface area contributed by atoms with E-state index in [2.05, 4.69) is 0 Å². The van der Waals surface area contributed by atoms with Crippen LogP contribution in [0.25, 0.3) is 0 Å². The van der Waals surface area contributed by atoms with Gasteiger partial charge in [-0.1, -0.05) is 0 Å². The summed E-state index contributed by atoms with van der Waals surface area (Å²) in [5.74, 6) is -1.92. The average Bonchev–Trinajstić information content (AvgIpc) is 2.63. The lowest BCUT2D eigenvalue weighted by Gasteiger charge is -2.02. The molecule has 15 heavy (non-hydrogen) atoms. The van der Waals surface area contributed by atoms with E-state index in [-0.39, 0.29) is 0 Å². The van der Waals surface area contributed by atoms with Crippen LogP contribution in [0.1, 0.15) is 25.9 Å². The van der Waals surface area contributed by atoms with E-state index in [9.17, 15) is 9.59 Å². The Labute approximate surface area is 86.4 Å². The first-order chi connectivity index (χ1) is 6.93. The zero-order valence-corrected chi connectivity index (χ0v) is 8.49. The number of imidazole rings is 1. The molecule has 0 radical (unpaired) electrons. The minimum absolute atomic E-state index is 0.702. The molecule has 0 aliphatic heterocycles. The van der Waals surface area contributed by atoms with Crippen molar-refractivity contribution in [3.05, 3.63) is 18.7 Å². The van der Waals surface area contributed by atoms with E-state index in [0.717, 1.165) is 0 Å². The van der Waals surface area contributed by atoms with E-state index >= 15 is 0 Å². The fourth-order valence-corrected chi connectivity index (χ4v) is 1.10. The van der Waals surface area contributed by atoms with Gasteiger partial charge in [0.25, 0.3) is 0 Å². The Morgan fingerprint density at radius 3 is 2.33 bits per heavy atom. The third kappa shape index (κ3) is 2.34. The minimum atomic E-state index is -0.958. The van der Waals surface area contributed by atoms with Gasteiger partial charge in [0, 0.05) is 0 Å². The van der Waals surface area contributed by atoms with Gasteiger partial charge in [0.15, 0.2) is 12.1 Å². The molecule has 0 aliphatic rings. The third-order valence-corrected chi connectivity index (χ3v) is 2.29. The van der Waals surface area contributed by atoms with Crippen molar-refractivity contribution < 1.29 is 24.4 Å². The second-order valence-electron chi connectivity index (χ2n) is 3.34. The van der Waals surface area contributed by atoms with Gasteiger partial charge in [-0.25, -0.2) is 18.7 Å². The number of carboxylic acid groups (broad SMARTS) is 2. The lowest BCUT2D eigenvalue weighted by Crippen LogP contribution is -2.40. The topological polar surface area (TPSA) is 83.4 Å². The average molecular weight is 213 g/mol. The van der Waals surface area contributed by atoms with Crippen LogP contribution in [0.3, 0.4) is 0 Å². The molecule has 1 aromatic rings. The van der Waals surface area contributed by atoms with Gasteiger partial charge < -0.3 is 10.2 Å². The number of aromatic nitrogens is 2. The summed E-state index contributed by atoms with van der Waals surface area (Å²) in [6.45, 7) is 3.05. The molecule has 1 heterocycles. The summed E-state index contributed by atoms with van der Waals surface area (Å²) in [4.78, 5) is 21.3. The Morgan fingerprint density at radius 2 is 1.87 bits per heavy atom. The van der Waals surface area contributed by atoms with Crippen LogP contribution in [0.5, 0.6) is 0 Å². The van der Waals surface area contributed by atoms with E-state index in [0.29, 0.717) is 0 Å². The molecule has 0 saturated heterocycles. The number of hydrogen-bond acceptors (Lipinski definition) is 2. The van der Waals surface area contributed by atoms with Crippen LogP contribution >= 0.6 is 0 Å². The molecule has 6 heteroatoms. The first-order valence-corrected chi connectivity index (χ1v) is 4.47. The van der Waals surface area contributed by atoms with Crippen LogP contribution in [-0.4, -0.2) is 26.7 Å². The van der Waals surface area contributed by atoms with Crippen LogP contribution in [-0.2, 0) is 9.59 Å². The van der Waals surface area contributed by atoms with E-state index in [1.807, 2.05) is 0 Å². The zero-order valence-electron chi connectivity index (χ0n) is 8.49. The van der Waals surface area contributed by atoms with Crippen molar-refractivity contribution in [2.75, 3.05) is 0 Å². The van der Waals surface area contributed by atoms with Gasteiger partial charge in [-0.2, -0.15) is 0 Å². The Hall–Kier alpha value is -1.85. The molecular formula is C9H13N2O4+. The zero-order chi connectivity index (χ0) is 11.6. The summed E-state index contributed by atoms with van der Waals surface area (Å²) in [6.07, 6.45) is 4.55. The van der Waals surface area contributed by atoms with Crippen molar-refractivity contribution in [1.29, 1.82) is 0 Å². The van der Waals surface area contributed by atoms with Gasteiger partial charge in [-0.3, -0.25) is 0 Å². The van der Waals surface area contributed by atoms with E-state index in [1.165, 1.54) is 41.7 Å². The summed E-state index contributed by atoms with van der Waals surface area (Å²) in [7, 11) is 0. The number of aliphatic carboxylic acids is 2. The van der Waals surface area contributed by atoms with Crippen molar-refractivity contribution in [2.45, 2.75) is 25.9 Å². The molecule has 0 saturated carbocycles. The molecule has 1 aromatic heterocycles. The first kappa shape index (κ1) is 11.2. The van der Waals surface area contributed by atoms with Crippen LogP contribution < -0.4 is 4.57 Å². The molecule has 2 atom stereocenters. The van der Waals surface area contributed by atoms with Crippen LogP contribution in [0, 0.1) is 0 Å². The van der Waals surface area contributed by atoms with Gasteiger partial charge in [-0.05, 0) is 13.8 Å². The van der Waals surface area contributed by atoms with Crippen LogP contribution in [0.2, 0.25) is 0 Å². The number of carbonyl (C=O) groups is 2. The lowest BCUT2D eigenvalue weighted by atomic mass is 10.3. The smallest absolute Gasteiger partial charge is 0.349 e. The normalized spacial score (nSPS) is 14.5. The summed E-state index contributed by atoms with van der Waals surface area (Å²) >= 11 is 0. The van der Waals surface area contributed by atoms with Crippen molar-refractivity contribution >= 4 is 11.9 Å². The van der Waals surface area contributed by atoms with Gasteiger partial charge in [0.1, 0.15) is 12.4 Å². The summed E-state index contributed by atoms with van der Waals surface area (Å²) in [5.41, 5.74) is 0. The van der Waals surface area contributed by atoms with Crippen LogP contribution in [0.4, 0.5) is 0 Å². The predicted molar refractivity (Wildman–Crippen MR) is 49.3 cm³/mol. The Kier molecular flexibility index (Phi) is 3.08. The molecule has 2 N–H and O–H groups in total. The molecule has 0 spiro atoms. The maximum Gasteiger partial charge on any atom is 0.349 e. The second-order valence-corrected chi connectivity index (χ2v) is 3.34. The highest BCUT2D eigenvalue weighted by molar-refractivity contribution is 5.71. The SMILES string of the molecule is C[C@@H](C(=O)O)n1cc[n+]([C@@H](C)C(=O)O)c1. The molecule has 1 rings (SSSR count). The molecular weight excluding hydrogens is 200 g/mol. The molecule has 0 aromatic carbocycles. The van der Waals surface area contributed by atoms with Crippen molar-refractivity contribution in [3.8, 4) is 0 Å². The monoisotopic (exact) mass is 213 g/mol. The lowest BCUT2D eigenvalue weighted by molar-refractivity contribution is -0.707. The van der Waals surface area contributed by atoms with E-state index in [1.54, 1.807) is 0 Å². The van der Waals surface area contributed by atoms with Crippen molar-refractivity contribution in [2.24, 2.45) is 0 Å². The maximum absolute atomic E-state index is 10.7. The number of nitrogens with zero attached hydrogens (tertiary/aromatic N) is 2. The highest BCUT2D eigenvalue weighted by Gasteiger charge is 2.23. The van der Waals surface area contributed by atoms with E-state index in [4.69, 9.17) is 10.2 Å². The Balaban J connectivity index is 2.89.